The lowest BCUT2D eigenvalue weighted by Crippen LogP contribution is -1.98. The van der Waals surface area contributed by atoms with Crippen LogP contribution >= 0.6 is 0 Å². The van der Waals surface area contributed by atoms with E-state index in [1.54, 1.807) is 10.7 Å². The first-order valence-electron chi connectivity index (χ1n) is 9.61. The topological polar surface area (TPSA) is 78.3 Å². The van der Waals surface area contributed by atoms with E-state index in [0.717, 1.165) is 33.7 Å². The molecule has 3 aromatic heterocycles. The molecule has 0 aliphatic heterocycles. The molecular weight excluding hydrogens is 374 g/mol. The minimum Gasteiger partial charge on any atom is -0.488 e. The minimum atomic E-state index is 0.395. The Morgan fingerprint density at radius 2 is 1.67 bits per heavy atom. The van der Waals surface area contributed by atoms with Crippen LogP contribution in [0.3, 0.4) is 0 Å². The lowest BCUT2D eigenvalue weighted by atomic mass is 10.1. The van der Waals surface area contributed by atoms with Crippen LogP contribution in [0.2, 0.25) is 0 Å². The molecule has 2 N–H and O–H groups in total. The predicted octanol–water partition coefficient (Wildman–Crippen LogP) is 4.62. The van der Waals surface area contributed by atoms with Gasteiger partial charge in [-0.05, 0) is 23.8 Å². The number of benzene rings is 2. The molecule has 0 atom stereocenters. The van der Waals surface area contributed by atoms with Gasteiger partial charge in [0.05, 0.1) is 11.3 Å². The molecular formula is C24H19N5O. The van der Waals surface area contributed by atoms with Crippen LogP contribution in [-0.4, -0.2) is 19.6 Å². The van der Waals surface area contributed by atoms with E-state index in [0.29, 0.717) is 18.1 Å². The zero-order chi connectivity index (χ0) is 20.3. The van der Waals surface area contributed by atoms with E-state index in [1.165, 1.54) is 0 Å². The number of aromatic nitrogens is 4. The number of hydrogen-bond donors (Lipinski definition) is 1. The van der Waals surface area contributed by atoms with Crippen LogP contribution < -0.4 is 10.5 Å². The average Bonchev–Trinajstić information content (AvgIpc) is 3.14. The van der Waals surface area contributed by atoms with Crippen molar-refractivity contribution in [2.45, 2.75) is 6.61 Å². The molecule has 3 heterocycles. The zero-order valence-corrected chi connectivity index (χ0v) is 16.1. The summed E-state index contributed by atoms with van der Waals surface area (Å²) in [6.07, 6.45) is 5.45. The third-order valence-electron chi connectivity index (χ3n) is 4.86. The Morgan fingerprint density at radius 1 is 0.867 bits per heavy atom. The average molecular weight is 393 g/mol. The van der Waals surface area contributed by atoms with E-state index in [2.05, 4.69) is 15.1 Å². The van der Waals surface area contributed by atoms with Gasteiger partial charge in [0.15, 0.2) is 11.5 Å². The van der Waals surface area contributed by atoms with E-state index in [1.807, 2.05) is 85.2 Å². The fourth-order valence-electron chi connectivity index (χ4n) is 3.41. The summed E-state index contributed by atoms with van der Waals surface area (Å²) in [6, 6.07) is 23.7. The molecule has 5 aromatic rings. The highest BCUT2D eigenvalue weighted by atomic mass is 16.5. The molecule has 0 bridgehead atoms. The van der Waals surface area contributed by atoms with E-state index >= 15 is 0 Å². The molecule has 30 heavy (non-hydrogen) atoms. The second-order valence-electron chi connectivity index (χ2n) is 6.86. The number of anilines is 1. The summed E-state index contributed by atoms with van der Waals surface area (Å²) in [6.45, 7) is 0.492. The van der Waals surface area contributed by atoms with Crippen molar-refractivity contribution in [3.63, 3.8) is 0 Å². The Morgan fingerprint density at radius 3 is 2.50 bits per heavy atom. The maximum atomic E-state index is 6.18. The predicted molar refractivity (Wildman–Crippen MR) is 117 cm³/mol. The van der Waals surface area contributed by atoms with Crippen molar-refractivity contribution in [3.05, 3.63) is 97.0 Å². The van der Waals surface area contributed by atoms with Gasteiger partial charge in [0, 0.05) is 29.7 Å². The van der Waals surface area contributed by atoms with Gasteiger partial charge in [-0.25, -0.2) is 9.50 Å². The number of hydrogen-bond acceptors (Lipinski definition) is 5. The van der Waals surface area contributed by atoms with Crippen LogP contribution in [0.4, 0.5) is 5.82 Å². The number of rotatable bonds is 5. The number of ether oxygens (including phenoxy) is 1. The van der Waals surface area contributed by atoms with Gasteiger partial charge in [-0.2, -0.15) is 0 Å². The van der Waals surface area contributed by atoms with E-state index < -0.39 is 0 Å². The molecule has 0 saturated heterocycles. The molecule has 146 valence electrons. The molecule has 0 saturated carbocycles. The molecule has 0 radical (unpaired) electrons. The van der Waals surface area contributed by atoms with Gasteiger partial charge in [0.2, 0.25) is 0 Å². The molecule has 0 aliphatic rings. The van der Waals surface area contributed by atoms with Crippen LogP contribution in [0.1, 0.15) is 5.56 Å². The maximum Gasteiger partial charge on any atom is 0.166 e. The van der Waals surface area contributed by atoms with E-state index in [4.69, 9.17) is 10.5 Å². The SMILES string of the molecule is Nc1nn2cc(-c3ccccc3OCc3ccccc3)cnc2c1-c1ccccn1. The van der Waals surface area contributed by atoms with Crippen molar-refractivity contribution in [3.8, 4) is 28.1 Å². The lowest BCUT2D eigenvalue weighted by molar-refractivity contribution is 0.307. The van der Waals surface area contributed by atoms with Crippen molar-refractivity contribution < 1.29 is 4.74 Å². The van der Waals surface area contributed by atoms with Gasteiger partial charge in [-0.15, -0.1) is 5.10 Å². The number of para-hydroxylation sites is 1. The molecule has 6 heteroatoms. The normalized spacial score (nSPS) is 10.9. The molecule has 2 aromatic carbocycles. The highest BCUT2D eigenvalue weighted by Crippen LogP contribution is 2.32. The van der Waals surface area contributed by atoms with Crippen LogP contribution in [-0.2, 0) is 6.61 Å². The Bertz CT molecular complexity index is 1300. The van der Waals surface area contributed by atoms with E-state index in [-0.39, 0.29) is 0 Å². The monoisotopic (exact) mass is 393 g/mol. The van der Waals surface area contributed by atoms with Crippen LogP contribution in [0.15, 0.2) is 91.4 Å². The Labute approximate surface area is 173 Å². The fraction of sp³-hybridized carbons (Fsp3) is 0.0417. The van der Waals surface area contributed by atoms with Gasteiger partial charge in [0.1, 0.15) is 12.4 Å². The molecule has 5 rings (SSSR count). The lowest BCUT2D eigenvalue weighted by Gasteiger charge is -2.12. The summed E-state index contributed by atoms with van der Waals surface area (Å²) in [5.74, 6) is 1.18. The molecule has 0 amide bonds. The summed E-state index contributed by atoms with van der Waals surface area (Å²) < 4.78 is 7.79. The standard InChI is InChI=1S/C24H19N5O/c25-23-22(20-11-6-7-13-26-20)24-27-14-18(15-29(24)28-23)19-10-4-5-12-21(19)30-16-17-8-2-1-3-9-17/h1-15H,16H2,(H2,25,28). The van der Waals surface area contributed by atoms with Crippen molar-refractivity contribution in [2.24, 2.45) is 0 Å². The van der Waals surface area contributed by atoms with E-state index in [9.17, 15) is 0 Å². The van der Waals surface area contributed by atoms with Gasteiger partial charge < -0.3 is 10.5 Å². The highest BCUT2D eigenvalue weighted by Gasteiger charge is 2.16. The van der Waals surface area contributed by atoms with Crippen LogP contribution in [0.5, 0.6) is 5.75 Å². The summed E-state index contributed by atoms with van der Waals surface area (Å²) in [4.78, 5) is 9.03. The fourth-order valence-corrected chi connectivity index (χ4v) is 3.41. The maximum absolute atomic E-state index is 6.18. The smallest absolute Gasteiger partial charge is 0.166 e. The largest absolute Gasteiger partial charge is 0.488 e. The number of nitrogens with two attached hydrogens (primary N) is 1. The first-order valence-corrected chi connectivity index (χ1v) is 9.61. The Kier molecular flexibility index (Phi) is 4.57. The summed E-state index contributed by atoms with van der Waals surface area (Å²) >= 11 is 0. The van der Waals surface area contributed by atoms with Crippen LogP contribution in [0, 0.1) is 0 Å². The second kappa shape index (κ2) is 7.67. The molecule has 0 aliphatic carbocycles. The van der Waals surface area contributed by atoms with Gasteiger partial charge >= 0.3 is 0 Å². The van der Waals surface area contributed by atoms with Crippen molar-refractivity contribution in [1.29, 1.82) is 0 Å². The van der Waals surface area contributed by atoms with Gasteiger partial charge in [0.25, 0.3) is 0 Å². The minimum absolute atomic E-state index is 0.395. The number of pyridine rings is 1. The third-order valence-corrected chi connectivity index (χ3v) is 4.86. The number of fused-ring (bicyclic) bond motifs is 1. The number of nitrogen functional groups attached to an aromatic ring is 1. The molecule has 6 nitrogen and oxygen atoms in total. The summed E-state index contributed by atoms with van der Waals surface area (Å²) in [5, 5.41) is 4.45. The van der Waals surface area contributed by atoms with Crippen molar-refractivity contribution in [2.75, 3.05) is 5.73 Å². The summed E-state index contributed by atoms with van der Waals surface area (Å²) in [7, 11) is 0. The van der Waals surface area contributed by atoms with Gasteiger partial charge in [-0.3, -0.25) is 4.98 Å². The first-order chi connectivity index (χ1) is 14.8. The molecule has 0 unspecified atom stereocenters. The highest BCUT2D eigenvalue weighted by molar-refractivity contribution is 5.85. The molecule has 0 spiro atoms. The van der Waals surface area contributed by atoms with Crippen molar-refractivity contribution in [1.82, 2.24) is 19.6 Å². The first kappa shape index (κ1) is 17.9. The second-order valence-corrected chi connectivity index (χ2v) is 6.86. The Hall–Kier alpha value is -4.19. The van der Waals surface area contributed by atoms with Crippen molar-refractivity contribution >= 4 is 11.5 Å². The van der Waals surface area contributed by atoms with Crippen LogP contribution in [0.25, 0.3) is 28.0 Å². The zero-order valence-electron chi connectivity index (χ0n) is 16.1. The van der Waals surface area contributed by atoms with Gasteiger partial charge in [-0.1, -0.05) is 54.6 Å². The quantitative estimate of drug-likeness (QED) is 0.471. The number of nitrogens with zero attached hydrogens (tertiary/aromatic N) is 4. The molecule has 0 fully saturated rings. The summed E-state index contributed by atoms with van der Waals surface area (Å²) in [5.41, 5.74) is 11.3. The Balaban J connectivity index is 1.52. The third kappa shape index (κ3) is 3.35.